The SMILES string of the molecule is [C-]#[N+]c1c(-c2ccc(NC(=O)COC)cc2)n(CCCOC(C)C)c2c(=S)nc[nH]c12. The van der Waals surface area contributed by atoms with Gasteiger partial charge in [0.1, 0.15) is 6.61 Å². The van der Waals surface area contributed by atoms with Gasteiger partial charge in [-0.05, 0) is 38.0 Å². The molecule has 1 aromatic carbocycles. The number of amides is 1. The number of benzene rings is 1. The van der Waals surface area contributed by atoms with E-state index in [1.165, 1.54) is 13.4 Å². The molecule has 9 heteroatoms. The van der Waals surface area contributed by atoms with Crippen molar-refractivity contribution < 1.29 is 14.3 Å². The highest BCUT2D eigenvalue weighted by molar-refractivity contribution is 7.71. The Morgan fingerprint density at radius 1 is 1.35 bits per heavy atom. The Bertz CT molecular complexity index is 1160. The van der Waals surface area contributed by atoms with Gasteiger partial charge in [0.15, 0.2) is 4.64 Å². The number of rotatable bonds is 9. The van der Waals surface area contributed by atoms with E-state index in [1.807, 2.05) is 30.5 Å². The lowest BCUT2D eigenvalue weighted by molar-refractivity contribution is -0.119. The molecule has 0 saturated heterocycles. The summed E-state index contributed by atoms with van der Waals surface area (Å²) in [4.78, 5) is 22.9. The van der Waals surface area contributed by atoms with Crippen molar-refractivity contribution in [2.75, 3.05) is 25.6 Å². The molecule has 162 valence electrons. The number of aryl methyl sites for hydroxylation is 1. The number of ether oxygens (including phenoxy) is 2. The number of aromatic amines is 1. The normalized spacial score (nSPS) is 11.1. The molecule has 0 radical (unpaired) electrons. The number of carbonyl (C=O) groups excluding carboxylic acids is 1. The van der Waals surface area contributed by atoms with Crippen LogP contribution in [0.1, 0.15) is 20.3 Å². The predicted molar refractivity (Wildman–Crippen MR) is 123 cm³/mol. The van der Waals surface area contributed by atoms with E-state index in [9.17, 15) is 4.79 Å². The van der Waals surface area contributed by atoms with Crippen molar-refractivity contribution in [3.8, 4) is 11.3 Å². The van der Waals surface area contributed by atoms with Crippen LogP contribution in [0.5, 0.6) is 0 Å². The monoisotopic (exact) mass is 439 g/mol. The number of anilines is 1. The lowest BCUT2D eigenvalue weighted by atomic mass is 10.1. The number of hydrogen-bond donors (Lipinski definition) is 2. The van der Waals surface area contributed by atoms with Gasteiger partial charge >= 0.3 is 0 Å². The van der Waals surface area contributed by atoms with Gasteiger partial charge in [-0.15, -0.1) is 0 Å². The highest BCUT2D eigenvalue weighted by Crippen LogP contribution is 2.40. The smallest absolute Gasteiger partial charge is 0.250 e. The van der Waals surface area contributed by atoms with Crippen LogP contribution >= 0.6 is 12.2 Å². The van der Waals surface area contributed by atoms with Crippen LogP contribution in [-0.2, 0) is 20.8 Å². The minimum Gasteiger partial charge on any atom is -0.379 e. The number of hydrogen-bond acceptors (Lipinski definition) is 5. The first-order valence-electron chi connectivity index (χ1n) is 9.94. The summed E-state index contributed by atoms with van der Waals surface area (Å²) in [5.74, 6) is -0.229. The first-order valence-corrected chi connectivity index (χ1v) is 10.3. The van der Waals surface area contributed by atoms with Gasteiger partial charge in [-0.2, -0.15) is 0 Å². The van der Waals surface area contributed by atoms with Crippen molar-refractivity contribution in [2.45, 2.75) is 32.9 Å². The summed E-state index contributed by atoms with van der Waals surface area (Å²) in [6, 6.07) is 7.36. The molecule has 0 aliphatic carbocycles. The fraction of sp³-hybridized carbons (Fsp3) is 0.364. The molecule has 3 aromatic rings. The van der Waals surface area contributed by atoms with E-state index < -0.39 is 0 Å². The van der Waals surface area contributed by atoms with Crippen LogP contribution in [0.25, 0.3) is 27.1 Å². The number of H-pyrrole nitrogens is 1. The minimum absolute atomic E-state index is 0.0131. The van der Waals surface area contributed by atoms with E-state index in [1.54, 1.807) is 12.1 Å². The van der Waals surface area contributed by atoms with Crippen molar-refractivity contribution in [1.82, 2.24) is 14.5 Å². The maximum absolute atomic E-state index is 11.8. The molecule has 0 atom stereocenters. The molecule has 0 bridgehead atoms. The van der Waals surface area contributed by atoms with Crippen LogP contribution in [0.4, 0.5) is 11.4 Å². The van der Waals surface area contributed by atoms with Crippen molar-refractivity contribution >= 4 is 40.5 Å². The molecule has 0 spiro atoms. The van der Waals surface area contributed by atoms with Crippen LogP contribution in [0, 0.1) is 11.2 Å². The van der Waals surface area contributed by atoms with Gasteiger partial charge in [-0.25, -0.2) is 9.83 Å². The van der Waals surface area contributed by atoms with Crippen LogP contribution in [0.2, 0.25) is 0 Å². The lowest BCUT2D eigenvalue weighted by Crippen LogP contribution is -2.16. The second kappa shape index (κ2) is 10.3. The molecule has 0 aliphatic rings. The number of carbonyl (C=O) groups is 1. The van der Waals surface area contributed by atoms with Crippen LogP contribution in [0.15, 0.2) is 30.6 Å². The van der Waals surface area contributed by atoms with Crippen LogP contribution < -0.4 is 5.32 Å². The first kappa shape index (κ1) is 22.6. The average Bonchev–Trinajstić information content (AvgIpc) is 3.06. The van der Waals surface area contributed by atoms with E-state index in [0.717, 1.165) is 23.2 Å². The maximum atomic E-state index is 11.8. The zero-order chi connectivity index (χ0) is 22.4. The van der Waals surface area contributed by atoms with E-state index in [-0.39, 0.29) is 18.6 Å². The van der Waals surface area contributed by atoms with Crippen molar-refractivity contribution in [3.05, 3.63) is 46.7 Å². The largest absolute Gasteiger partial charge is 0.379 e. The third-order valence-corrected chi connectivity index (χ3v) is 4.94. The summed E-state index contributed by atoms with van der Waals surface area (Å²) in [7, 11) is 1.47. The highest BCUT2D eigenvalue weighted by atomic mass is 32.1. The number of nitrogens with one attached hydrogen (secondary N) is 2. The van der Waals surface area contributed by atoms with E-state index >= 15 is 0 Å². The second-order valence-electron chi connectivity index (χ2n) is 7.22. The van der Waals surface area contributed by atoms with Gasteiger partial charge in [0.25, 0.3) is 0 Å². The number of nitrogens with zero attached hydrogens (tertiary/aromatic N) is 3. The van der Waals surface area contributed by atoms with Gasteiger partial charge in [0.05, 0.1) is 35.7 Å². The summed E-state index contributed by atoms with van der Waals surface area (Å²) in [5.41, 5.74) is 4.16. The van der Waals surface area contributed by atoms with Crippen molar-refractivity contribution in [3.63, 3.8) is 0 Å². The number of fused-ring (bicyclic) bond motifs is 1. The van der Waals surface area contributed by atoms with Crippen LogP contribution in [-0.4, -0.2) is 46.9 Å². The minimum atomic E-state index is -0.229. The molecule has 0 saturated carbocycles. The Morgan fingerprint density at radius 2 is 2.10 bits per heavy atom. The average molecular weight is 440 g/mol. The summed E-state index contributed by atoms with van der Waals surface area (Å²) >= 11 is 5.48. The standard InChI is InChI=1S/C22H25N5O3S/c1-14(2)30-11-5-10-27-20(18(23-3)19-21(27)22(31)25-13-24-19)15-6-8-16(9-7-15)26-17(28)12-29-4/h6-9,13-14H,5,10-12H2,1-2,4H3,(H,26,28)(H,24,25,31). The van der Waals surface area contributed by atoms with Crippen molar-refractivity contribution in [1.29, 1.82) is 0 Å². The first-order chi connectivity index (χ1) is 15.0. The fourth-order valence-electron chi connectivity index (χ4n) is 3.39. The number of methoxy groups -OCH3 is 1. The molecule has 2 heterocycles. The van der Waals surface area contributed by atoms with Crippen LogP contribution in [0.3, 0.4) is 0 Å². The Labute approximate surface area is 186 Å². The molecule has 0 aliphatic heterocycles. The predicted octanol–water partition coefficient (Wildman–Crippen LogP) is 4.71. The summed E-state index contributed by atoms with van der Waals surface area (Å²) < 4.78 is 13.0. The molecule has 3 rings (SSSR count). The zero-order valence-corrected chi connectivity index (χ0v) is 18.6. The van der Waals surface area contributed by atoms with Gasteiger partial charge in [0, 0.05) is 25.9 Å². The topological polar surface area (TPSA) is 85.5 Å². The lowest BCUT2D eigenvalue weighted by Gasteiger charge is -2.13. The molecule has 31 heavy (non-hydrogen) atoms. The molecule has 2 N–H and O–H groups in total. The highest BCUT2D eigenvalue weighted by Gasteiger charge is 2.20. The zero-order valence-electron chi connectivity index (χ0n) is 17.8. The quantitative estimate of drug-likeness (QED) is 0.286. The van der Waals surface area contributed by atoms with Gasteiger partial charge in [-0.3, -0.25) is 4.79 Å². The summed E-state index contributed by atoms with van der Waals surface area (Å²) in [5, 5.41) is 2.77. The molecule has 8 nitrogen and oxygen atoms in total. The Balaban J connectivity index is 2.03. The van der Waals surface area contributed by atoms with E-state index in [0.29, 0.717) is 34.7 Å². The maximum Gasteiger partial charge on any atom is 0.250 e. The Kier molecular flexibility index (Phi) is 7.52. The van der Waals surface area contributed by atoms with E-state index in [4.69, 9.17) is 28.3 Å². The second-order valence-corrected chi connectivity index (χ2v) is 7.61. The third-order valence-electron chi connectivity index (χ3n) is 4.64. The van der Waals surface area contributed by atoms with Gasteiger partial charge in [-0.1, -0.05) is 24.4 Å². The molecule has 2 aromatic heterocycles. The summed E-state index contributed by atoms with van der Waals surface area (Å²) in [6.07, 6.45) is 2.44. The fourth-order valence-corrected chi connectivity index (χ4v) is 3.65. The molecule has 0 fully saturated rings. The Hall–Kier alpha value is -3.06. The van der Waals surface area contributed by atoms with Crippen molar-refractivity contribution in [2.24, 2.45) is 0 Å². The molecular formula is C22H25N5O3S. The van der Waals surface area contributed by atoms with E-state index in [2.05, 4.69) is 20.1 Å². The molecule has 0 unspecified atom stereocenters. The van der Waals surface area contributed by atoms with Gasteiger partial charge < -0.3 is 24.3 Å². The Morgan fingerprint density at radius 3 is 2.74 bits per heavy atom. The van der Waals surface area contributed by atoms with Gasteiger partial charge in [0.2, 0.25) is 11.6 Å². The number of aromatic nitrogens is 3. The third kappa shape index (κ3) is 5.17. The molecule has 1 amide bonds. The molecular weight excluding hydrogens is 414 g/mol. The summed E-state index contributed by atoms with van der Waals surface area (Å²) in [6.45, 7) is 13.0.